The number of nitrogens with zero attached hydrogens (tertiary/aromatic N) is 2. The van der Waals surface area contributed by atoms with E-state index in [1.165, 1.54) is 0 Å². The molecule has 2 aromatic rings. The predicted octanol–water partition coefficient (Wildman–Crippen LogP) is 3.00. The van der Waals surface area contributed by atoms with Crippen molar-refractivity contribution < 1.29 is 4.28 Å². The quantitative estimate of drug-likeness (QED) is 0.697. The molecule has 3 rings (SSSR count). The SMILES string of the molecule is O=NOS1(c2cccc3cnccc23)CCCNCC1. The lowest BCUT2D eigenvalue weighted by atomic mass is 10.2. The first-order chi connectivity index (χ1) is 9.86. The molecule has 1 N–H and O–H groups in total. The van der Waals surface area contributed by atoms with Crippen molar-refractivity contribution in [1.29, 1.82) is 0 Å². The Kier molecular flexibility index (Phi) is 3.84. The highest BCUT2D eigenvalue weighted by Crippen LogP contribution is 2.59. The summed E-state index contributed by atoms with van der Waals surface area (Å²) in [5.41, 5.74) is 0. The largest absolute Gasteiger partial charge is 0.316 e. The lowest BCUT2D eigenvalue weighted by molar-refractivity contribution is 0.376. The Balaban J connectivity index is 2.15. The summed E-state index contributed by atoms with van der Waals surface area (Å²) in [6.45, 7) is 1.82. The average molecular weight is 291 g/mol. The van der Waals surface area contributed by atoms with Gasteiger partial charge in [0.2, 0.25) is 0 Å². The van der Waals surface area contributed by atoms with Crippen molar-refractivity contribution in [2.75, 3.05) is 24.6 Å². The van der Waals surface area contributed by atoms with Crippen molar-refractivity contribution in [3.8, 4) is 0 Å². The number of nitrogens with one attached hydrogen (secondary N) is 1. The molecule has 1 aromatic carbocycles. The van der Waals surface area contributed by atoms with E-state index < -0.39 is 10.3 Å². The molecular weight excluding hydrogens is 274 g/mol. The monoisotopic (exact) mass is 291 g/mol. The number of fused-ring (bicyclic) bond motifs is 1. The maximum absolute atomic E-state index is 10.8. The lowest BCUT2D eigenvalue weighted by Crippen LogP contribution is -2.18. The molecule has 0 aliphatic carbocycles. The molecule has 0 radical (unpaired) electrons. The second kappa shape index (κ2) is 5.76. The highest BCUT2D eigenvalue weighted by Gasteiger charge is 2.32. The molecule has 1 aliphatic rings. The number of benzene rings is 1. The standard InChI is InChI=1S/C14H17N3O2S/c18-17-19-20(9-2-6-15-8-10-20)14-4-1-3-12-11-16-7-5-13(12)14/h1,3-5,7,11,15H,2,6,8-10H2. The van der Waals surface area contributed by atoms with Gasteiger partial charge in [-0.05, 0) is 40.8 Å². The Bertz CT molecular complexity index is 607. The van der Waals surface area contributed by atoms with Gasteiger partial charge in [0.25, 0.3) is 0 Å². The third kappa shape index (κ3) is 2.36. The summed E-state index contributed by atoms with van der Waals surface area (Å²) in [5, 5.41) is 8.35. The van der Waals surface area contributed by atoms with Crippen LogP contribution in [0.1, 0.15) is 6.42 Å². The third-order valence-electron chi connectivity index (χ3n) is 3.65. The minimum atomic E-state index is -1.66. The molecule has 1 unspecified atom stereocenters. The van der Waals surface area contributed by atoms with Crippen LogP contribution in [-0.4, -0.2) is 29.6 Å². The van der Waals surface area contributed by atoms with Gasteiger partial charge in [0, 0.05) is 40.7 Å². The molecule has 6 heteroatoms. The summed E-state index contributed by atoms with van der Waals surface area (Å²) in [6, 6.07) is 8.09. The molecule has 1 aromatic heterocycles. The average Bonchev–Trinajstić information content (AvgIpc) is 2.73. The van der Waals surface area contributed by atoms with Gasteiger partial charge in [-0.2, -0.15) is 0 Å². The zero-order valence-electron chi connectivity index (χ0n) is 11.1. The van der Waals surface area contributed by atoms with Crippen LogP contribution in [-0.2, 0) is 4.28 Å². The van der Waals surface area contributed by atoms with Crippen LogP contribution in [0.3, 0.4) is 0 Å². The Hall–Kier alpha value is -1.66. The van der Waals surface area contributed by atoms with E-state index in [0.717, 1.165) is 46.7 Å². The van der Waals surface area contributed by atoms with Gasteiger partial charge in [-0.15, -0.1) is 4.91 Å². The fourth-order valence-corrected chi connectivity index (χ4v) is 5.69. The lowest BCUT2D eigenvalue weighted by Gasteiger charge is -2.35. The zero-order valence-corrected chi connectivity index (χ0v) is 11.9. The van der Waals surface area contributed by atoms with Crippen molar-refractivity contribution >= 4 is 21.1 Å². The van der Waals surface area contributed by atoms with Gasteiger partial charge in [0.1, 0.15) is 0 Å². The fraction of sp³-hybridized carbons (Fsp3) is 0.357. The van der Waals surface area contributed by atoms with Crippen LogP contribution in [0.2, 0.25) is 0 Å². The van der Waals surface area contributed by atoms with Crippen LogP contribution < -0.4 is 5.32 Å². The zero-order chi connectivity index (χ0) is 13.8. The molecule has 1 saturated heterocycles. The highest BCUT2D eigenvalue weighted by atomic mass is 32.3. The first kappa shape index (κ1) is 13.3. The van der Waals surface area contributed by atoms with E-state index in [9.17, 15) is 4.91 Å². The topological polar surface area (TPSA) is 63.6 Å². The number of aromatic nitrogens is 1. The van der Waals surface area contributed by atoms with Gasteiger partial charge in [-0.3, -0.25) is 4.98 Å². The molecule has 5 nitrogen and oxygen atoms in total. The second-order valence-electron chi connectivity index (χ2n) is 4.83. The summed E-state index contributed by atoms with van der Waals surface area (Å²) in [5.74, 6) is 1.69. The van der Waals surface area contributed by atoms with Crippen LogP contribution in [0, 0.1) is 4.91 Å². The summed E-state index contributed by atoms with van der Waals surface area (Å²) in [6.07, 6.45) is 4.61. The normalized spacial score (nSPS) is 26.4. The maximum Gasteiger partial charge on any atom is 0.167 e. The highest BCUT2D eigenvalue weighted by molar-refractivity contribution is 8.30. The van der Waals surface area contributed by atoms with Crippen molar-refractivity contribution in [3.63, 3.8) is 0 Å². The van der Waals surface area contributed by atoms with Gasteiger partial charge in [0.15, 0.2) is 5.34 Å². The summed E-state index contributed by atoms with van der Waals surface area (Å²) >= 11 is 0. The molecule has 1 aliphatic heterocycles. The number of hydrogen-bond acceptors (Lipinski definition) is 5. The molecular formula is C14H17N3O2S. The Labute approximate surface area is 119 Å². The van der Waals surface area contributed by atoms with E-state index in [2.05, 4.69) is 21.7 Å². The predicted molar refractivity (Wildman–Crippen MR) is 81.7 cm³/mol. The van der Waals surface area contributed by atoms with Crippen molar-refractivity contribution in [1.82, 2.24) is 10.3 Å². The number of hydrogen-bond donors (Lipinski definition) is 1. The smallest absolute Gasteiger partial charge is 0.167 e. The minimum Gasteiger partial charge on any atom is -0.316 e. The minimum absolute atomic E-state index is 0.820. The summed E-state index contributed by atoms with van der Waals surface area (Å²) < 4.78 is 5.44. The van der Waals surface area contributed by atoms with Crippen molar-refractivity contribution in [2.24, 2.45) is 5.34 Å². The molecule has 0 saturated carbocycles. The van der Waals surface area contributed by atoms with E-state index >= 15 is 0 Å². The fourth-order valence-electron chi connectivity index (χ4n) is 2.70. The van der Waals surface area contributed by atoms with Gasteiger partial charge in [-0.1, -0.05) is 12.1 Å². The van der Waals surface area contributed by atoms with Crippen molar-refractivity contribution in [3.05, 3.63) is 41.6 Å². The van der Waals surface area contributed by atoms with Gasteiger partial charge in [0.05, 0.1) is 0 Å². The van der Waals surface area contributed by atoms with Crippen LogP contribution >= 0.6 is 10.3 Å². The molecule has 20 heavy (non-hydrogen) atoms. The van der Waals surface area contributed by atoms with E-state index in [0.29, 0.717) is 0 Å². The molecule has 2 heterocycles. The van der Waals surface area contributed by atoms with E-state index in [1.807, 2.05) is 24.4 Å². The molecule has 1 fully saturated rings. The van der Waals surface area contributed by atoms with Crippen LogP contribution in [0.15, 0.2) is 46.9 Å². The molecule has 0 bridgehead atoms. The Morgan fingerprint density at radius 1 is 1.25 bits per heavy atom. The maximum atomic E-state index is 10.8. The van der Waals surface area contributed by atoms with Gasteiger partial charge in [-0.25, -0.2) is 0 Å². The van der Waals surface area contributed by atoms with E-state index in [4.69, 9.17) is 4.28 Å². The van der Waals surface area contributed by atoms with Crippen LogP contribution in [0.5, 0.6) is 0 Å². The van der Waals surface area contributed by atoms with Gasteiger partial charge < -0.3 is 9.60 Å². The second-order valence-corrected chi connectivity index (χ2v) is 7.85. The first-order valence-corrected chi connectivity index (χ1v) is 8.59. The van der Waals surface area contributed by atoms with Gasteiger partial charge >= 0.3 is 0 Å². The molecule has 0 amide bonds. The Morgan fingerprint density at radius 2 is 2.20 bits per heavy atom. The summed E-state index contributed by atoms with van der Waals surface area (Å²) in [4.78, 5) is 16.1. The number of rotatable bonds is 3. The summed E-state index contributed by atoms with van der Waals surface area (Å²) in [7, 11) is -1.66. The van der Waals surface area contributed by atoms with E-state index in [1.54, 1.807) is 6.20 Å². The van der Waals surface area contributed by atoms with Crippen LogP contribution in [0.25, 0.3) is 10.8 Å². The molecule has 0 spiro atoms. The van der Waals surface area contributed by atoms with E-state index in [-0.39, 0.29) is 0 Å². The third-order valence-corrected chi connectivity index (χ3v) is 6.97. The van der Waals surface area contributed by atoms with Crippen LogP contribution in [0.4, 0.5) is 0 Å². The number of pyridine rings is 1. The van der Waals surface area contributed by atoms with Crippen molar-refractivity contribution in [2.45, 2.75) is 11.3 Å². The molecule has 106 valence electrons. The Morgan fingerprint density at radius 3 is 3.10 bits per heavy atom. The molecule has 1 atom stereocenters. The first-order valence-electron chi connectivity index (χ1n) is 6.69.